The van der Waals surface area contributed by atoms with E-state index in [9.17, 15) is 8.42 Å². The fourth-order valence-corrected chi connectivity index (χ4v) is 4.19. The van der Waals surface area contributed by atoms with Gasteiger partial charge in [0.1, 0.15) is 4.90 Å². The van der Waals surface area contributed by atoms with Crippen molar-refractivity contribution >= 4 is 50.2 Å². The lowest BCUT2D eigenvalue weighted by molar-refractivity contribution is 0.581. The minimum Gasteiger partial charge on any atom is -0.399 e. The number of hydrogen-bond donors (Lipinski definition) is 2. The average Bonchev–Trinajstić information content (AvgIpc) is 2.77. The first-order valence-electron chi connectivity index (χ1n) is 5.01. The highest BCUT2D eigenvalue weighted by Crippen LogP contribution is 2.31. The van der Waals surface area contributed by atoms with Crippen LogP contribution in [-0.2, 0) is 16.6 Å². The third-order valence-corrected chi connectivity index (χ3v) is 5.17. The lowest BCUT2D eigenvalue weighted by Crippen LogP contribution is -2.24. The topological polar surface area (TPSA) is 85.1 Å². The number of halogens is 2. The van der Waals surface area contributed by atoms with Crippen LogP contribution in [0.5, 0.6) is 0 Å². The molecule has 19 heavy (non-hydrogen) atoms. The molecule has 0 spiro atoms. The Balaban J connectivity index is 2.29. The van der Waals surface area contributed by atoms with Gasteiger partial charge < -0.3 is 5.73 Å². The second kappa shape index (κ2) is 5.64. The lowest BCUT2D eigenvalue weighted by atomic mass is 10.3. The van der Waals surface area contributed by atoms with Crippen LogP contribution in [0, 0.1) is 0 Å². The number of nitrogens with two attached hydrogens (primary N) is 1. The highest BCUT2D eigenvalue weighted by Gasteiger charge is 2.22. The third-order valence-electron chi connectivity index (χ3n) is 2.22. The highest BCUT2D eigenvalue weighted by molar-refractivity contribution is 7.89. The Bertz CT molecular complexity index is 664. The van der Waals surface area contributed by atoms with Crippen molar-refractivity contribution in [3.05, 3.63) is 38.8 Å². The van der Waals surface area contributed by atoms with Crippen LogP contribution in [-0.4, -0.2) is 13.4 Å². The number of benzene rings is 1. The highest BCUT2D eigenvalue weighted by atomic mass is 35.5. The SMILES string of the molecule is Nc1cc(Cl)c(S(=O)(=O)NCc2cscn2)c(Cl)c1. The number of aromatic nitrogens is 1. The Labute approximate surface area is 124 Å². The maximum absolute atomic E-state index is 12.1. The number of nitrogens with zero attached hydrogens (tertiary/aromatic N) is 1. The number of nitrogens with one attached hydrogen (secondary N) is 1. The largest absolute Gasteiger partial charge is 0.399 e. The van der Waals surface area contributed by atoms with Gasteiger partial charge in [-0.1, -0.05) is 23.2 Å². The molecule has 2 rings (SSSR count). The second-order valence-corrected chi connectivity index (χ2v) is 6.85. The zero-order valence-corrected chi connectivity index (χ0v) is 12.6. The summed E-state index contributed by atoms with van der Waals surface area (Å²) in [5.41, 5.74) is 8.07. The zero-order valence-electron chi connectivity index (χ0n) is 9.43. The van der Waals surface area contributed by atoms with E-state index in [1.54, 1.807) is 10.9 Å². The van der Waals surface area contributed by atoms with Crippen molar-refractivity contribution in [1.29, 1.82) is 0 Å². The molecular formula is C10H9Cl2N3O2S2. The summed E-state index contributed by atoms with van der Waals surface area (Å²) in [7, 11) is -3.82. The van der Waals surface area contributed by atoms with Crippen LogP contribution in [0.15, 0.2) is 27.9 Å². The normalized spacial score (nSPS) is 11.7. The van der Waals surface area contributed by atoms with Crippen LogP contribution >= 0.6 is 34.5 Å². The van der Waals surface area contributed by atoms with Gasteiger partial charge in [0.05, 0.1) is 27.8 Å². The maximum atomic E-state index is 12.1. The van der Waals surface area contributed by atoms with Crippen molar-refractivity contribution in [2.75, 3.05) is 5.73 Å². The first kappa shape index (κ1) is 14.5. The van der Waals surface area contributed by atoms with E-state index in [4.69, 9.17) is 28.9 Å². The van der Waals surface area contributed by atoms with Crippen LogP contribution in [0.4, 0.5) is 5.69 Å². The quantitative estimate of drug-likeness (QED) is 0.839. The van der Waals surface area contributed by atoms with Crippen molar-refractivity contribution in [3.8, 4) is 0 Å². The van der Waals surface area contributed by atoms with E-state index in [1.165, 1.54) is 23.5 Å². The summed E-state index contributed by atoms with van der Waals surface area (Å²) < 4.78 is 26.7. The molecule has 5 nitrogen and oxygen atoms in total. The third kappa shape index (κ3) is 3.37. The van der Waals surface area contributed by atoms with E-state index in [0.717, 1.165) is 0 Å². The summed E-state index contributed by atoms with van der Waals surface area (Å²) in [6.45, 7) is 0.0723. The molecule has 0 atom stereocenters. The number of nitrogen functional groups attached to an aromatic ring is 1. The molecule has 1 aromatic carbocycles. The molecule has 0 aliphatic heterocycles. The zero-order chi connectivity index (χ0) is 14.0. The smallest absolute Gasteiger partial charge is 0.243 e. The van der Waals surface area contributed by atoms with Gasteiger partial charge in [0.15, 0.2) is 0 Å². The van der Waals surface area contributed by atoms with Gasteiger partial charge in [0.25, 0.3) is 0 Å². The van der Waals surface area contributed by atoms with Gasteiger partial charge in [0, 0.05) is 11.1 Å². The molecule has 0 saturated heterocycles. The Kier molecular flexibility index (Phi) is 4.32. The molecule has 0 unspecified atom stereocenters. The van der Waals surface area contributed by atoms with E-state index >= 15 is 0 Å². The molecule has 0 amide bonds. The van der Waals surface area contributed by atoms with Crippen LogP contribution < -0.4 is 10.5 Å². The van der Waals surface area contributed by atoms with Crippen LogP contribution in [0.2, 0.25) is 10.0 Å². The fourth-order valence-electron chi connectivity index (χ4n) is 1.40. The molecule has 0 radical (unpaired) electrons. The van der Waals surface area contributed by atoms with Crippen LogP contribution in [0.25, 0.3) is 0 Å². The summed E-state index contributed by atoms with van der Waals surface area (Å²) in [6, 6.07) is 2.68. The molecule has 2 aromatic rings. The summed E-state index contributed by atoms with van der Waals surface area (Å²) in [5.74, 6) is 0. The van der Waals surface area contributed by atoms with E-state index in [0.29, 0.717) is 11.4 Å². The maximum Gasteiger partial charge on any atom is 0.243 e. The van der Waals surface area contributed by atoms with E-state index in [2.05, 4.69) is 9.71 Å². The predicted octanol–water partition coefficient (Wildman–Crippen LogP) is 2.51. The lowest BCUT2D eigenvalue weighted by Gasteiger charge is -2.10. The van der Waals surface area contributed by atoms with Crippen molar-refractivity contribution in [1.82, 2.24) is 9.71 Å². The molecule has 3 N–H and O–H groups in total. The molecule has 0 aliphatic rings. The van der Waals surface area contributed by atoms with Gasteiger partial charge >= 0.3 is 0 Å². The van der Waals surface area contributed by atoms with Crippen LogP contribution in [0.1, 0.15) is 5.69 Å². The Morgan fingerprint density at radius 2 is 1.95 bits per heavy atom. The molecule has 0 fully saturated rings. The van der Waals surface area contributed by atoms with E-state index in [-0.39, 0.29) is 21.5 Å². The number of sulfonamides is 1. The minimum atomic E-state index is -3.82. The summed E-state index contributed by atoms with van der Waals surface area (Å²) in [4.78, 5) is 3.80. The molecule has 0 aliphatic carbocycles. The molecule has 9 heteroatoms. The molecule has 102 valence electrons. The van der Waals surface area contributed by atoms with Crippen molar-refractivity contribution in [2.24, 2.45) is 0 Å². The second-order valence-electron chi connectivity index (χ2n) is 3.62. The van der Waals surface area contributed by atoms with E-state index < -0.39 is 10.0 Å². The van der Waals surface area contributed by atoms with Crippen LogP contribution in [0.3, 0.4) is 0 Å². The van der Waals surface area contributed by atoms with Crippen molar-refractivity contribution in [2.45, 2.75) is 11.4 Å². The van der Waals surface area contributed by atoms with E-state index in [1.807, 2.05) is 0 Å². The summed E-state index contributed by atoms with van der Waals surface area (Å²) >= 11 is 13.1. The van der Waals surface area contributed by atoms with Crippen molar-refractivity contribution in [3.63, 3.8) is 0 Å². The standard InChI is InChI=1S/C10H9Cl2N3O2S2/c11-8-1-6(13)2-9(12)10(8)19(16,17)15-3-7-4-18-5-14-7/h1-2,4-5,15H,3,13H2. The Morgan fingerprint density at radius 1 is 1.32 bits per heavy atom. The van der Waals surface area contributed by atoms with Gasteiger partial charge in [0.2, 0.25) is 10.0 Å². The fraction of sp³-hybridized carbons (Fsp3) is 0.100. The van der Waals surface area contributed by atoms with Gasteiger partial charge in [-0.3, -0.25) is 0 Å². The first-order chi connectivity index (χ1) is 8.90. The van der Waals surface area contributed by atoms with Gasteiger partial charge in [-0.25, -0.2) is 18.1 Å². The minimum absolute atomic E-state index is 0.0178. The number of rotatable bonds is 4. The number of anilines is 1. The monoisotopic (exact) mass is 337 g/mol. The molecular weight excluding hydrogens is 329 g/mol. The average molecular weight is 338 g/mol. The Morgan fingerprint density at radius 3 is 2.47 bits per heavy atom. The Hall–Kier alpha value is -0.860. The molecule has 0 saturated carbocycles. The molecule has 1 aromatic heterocycles. The van der Waals surface area contributed by atoms with Crippen molar-refractivity contribution < 1.29 is 8.42 Å². The van der Waals surface area contributed by atoms with Gasteiger partial charge in [-0.05, 0) is 12.1 Å². The summed E-state index contributed by atoms with van der Waals surface area (Å²) in [5, 5.41) is 1.71. The predicted molar refractivity (Wildman–Crippen MR) is 77.0 cm³/mol. The first-order valence-corrected chi connectivity index (χ1v) is 8.19. The number of thiazole rings is 1. The number of hydrogen-bond acceptors (Lipinski definition) is 5. The van der Waals surface area contributed by atoms with Gasteiger partial charge in [-0.15, -0.1) is 11.3 Å². The summed E-state index contributed by atoms with van der Waals surface area (Å²) in [6.07, 6.45) is 0. The molecule has 0 bridgehead atoms. The van der Waals surface area contributed by atoms with Gasteiger partial charge in [-0.2, -0.15) is 0 Å². The molecule has 1 heterocycles.